The van der Waals surface area contributed by atoms with Gasteiger partial charge in [-0.2, -0.15) is 0 Å². The van der Waals surface area contributed by atoms with E-state index >= 15 is 0 Å². The highest BCUT2D eigenvalue weighted by Gasteiger charge is 2.19. The molecular formula is C21H21N3O7S2. The fourth-order valence-electron chi connectivity index (χ4n) is 2.73. The molecule has 0 atom stereocenters. The number of rotatable bonds is 9. The summed E-state index contributed by atoms with van der Waals surface area (Å²) in [5.41, 5.74) is 2.54. The van der Waals surface area contributed by atoms with Crippen LogP contribution >= 0.6 is 0 Å². The molecule has 0 bridgehead atoms. The van der Waals surface area contributed by atoms with E-state index in [1.54, 1.807) is 18.2 Å². The van der Waals surface area contributed by atoms with Crippen LogP contribution < -0.4 is 24.5 Å². The summed E-state index contributed by atoms with van der Waals surface area (Å²) in [7, 11) is -5.24. The number of hydrazine groups is 1. The molecule has 0 saturated heterocycles. The zero-order valence-electron chi connectivity index (χ0n) is 17.6. The average Bonchev–Trinajstić information content (AvgIpc) is 2.82. The van der Waals surface area contributed by atoms with Gasteiger partial charge in [-0.05, 0) is 48.5 Å². The van der Waals surface area contributed by atoms with Crippen LogP contribution in [0.3, 0.4) is 0 Å². The molecule has 1 amide bonds. The van der Waals surface area contributed by atoms with Crippen LogP contribution in [0.25, 0.3) is 0 Å². The number of sulfonamides is 2. The molecule has 12 heteroatoms. The number of ether oxygens (including phenoxy) is 2. The Morgan fingerprint density at radius 3 is 1.94 bits per heavy atom. The molecule has 10 nitrogen and oxygen atoms in total. The van der Waals surface area contributed by atoms with E-state index in [1.807, 2.05) is 4.83 Å². The van der Waals surface area contributed by atoms with Crippen LogP contribution in [0.1, 0.15) is 10.4 Å². The van der Waals surface area contributed by atoms with Gasteiger partial charge < -0.3 is 9.47 Å². The molecule has 33 heavy (non-hydrogen) atoms. The molecule has 3 rings (SSSR count). The third-order valence-corrected chi connectivity index (χ3v) is 7.06. The van der Waals surface area contributed by atoms with Gasteiger partial charge in [-0.3, -0.25) is 14.9 Å². The van der Waals surface area contributed by atoms with E-state index in [2.05, 4.69) is 10.1 Å². The summed E-state index contributed by atoms with van der Waals surface area (Å²) in [5, 5.41) is 0. The smallest absolute Gasteiger partial charge is 0.266 e. The highest BCUT2D eigenvalue weighted by Crippen LogP contribution is 2.30. The van der Waals surface area contributed by atoms with Crippen molar-refractivity contribution in [2.45, 2.75) is 9.79 Å². The highest BCUT2D eigenvalue weighted by molar-refractivity contribution is 7.92. The van der Waals surface area contributed by atoms with Gasteiger partial charge in [0.05, 0.1) is 24.0 Å². The Balaban J connectivity index is 1.71. The lowest BCUT2D eigenvalue weighted by Crippen LogP contribution is -2.41. The SMILES string of the molecule is COc1ccc(S(=O)(=O)Nc2ccc(S(=O)(=O)NNC(=O)c3ccccc3)cc2)cc1OC. The summed E-state index contributed by atoms with van der Waals surface area (Å²) in [6.45, 7) is 0. The number of hydrogen-bond acceptors (Lipinski definition) is 7. The number of benzene rings is 3. The molecule has 0 radical (unpaired) electrons. The Labute approximate surface area is 191 Å². The van der Waals surface area contributed by atoms with E-state index in [4.69, 9.17) is 9.47 Å². The van der Waals surface area contributed by atoms with Crippen molar-refractivity contribution < 1.29 is 31.1 Å². The maximum absolute atomic E-state index is 12.7. The van der Waals surface area contributed by atoms with Gasteiger partial charge in [-0.15, -0.1) is 4.83 Å². The van der Waals surface area contributed by atoms with Crippen molar-refractivity contribution in [2.75, 3.05) is 18.9 Å². The molecule has 0 aliphatic heterocycles. The molecule has 3 aromatic carbocycles. The second-order valence-electron chi connectivity index (χ2n) is 6.57. The maximum Gasteiger partial charge on any atom is 0.266 e. The van der Waals surface area contributed by atoms with Crippen molar-refractivity contribution in [3.8, 4) is 11.5 Å². The molecule has 174 valence electrons. The van der Waals surface area contributed by atoms with Crippen LogP contribution in [0.15, 0.2) is 82.6 Å². The molecule has 3 N–H and O–H groups in total. The van der Waals surface area contributed by atoms with Crippen molar-refractivity contribution in [1.82, 2.24) is 10.3 Å². The lowest BCUT2D eigenvalue weighted by Gasteiger charge is -2.12. The number of carbonyl (C=O) groups excluding carboxylic acids is 1. The average molecular weight is 492 g/mol. The van der Waals surface area contributed by atoms with Crippen LogP contribution in [-0.4, -0.2) is 37.0 Å². The standard InChI is InChI=1S/C21H21N3O7S2/c1-30-19-13-12-18(14-20(19)31-2)32(26,27)23-16-8-10-17(11-9-16)33(28,29)24-22-21(25)15-6-4-3-5-7-15/h3-14,23-24H,1-2H3,(H,22,25). The summed E-state index contributed by atoms with van der Waals surface area (Å²) in [4.78, 5) is 13.8. The van der Waals surface area contributed by atoms with Crippen molar-refractivity contribution >= 4 is 31.6 Å². The first kappa shape index (κ1) is 24.0. The van der Waals surface area contributed by atoms with Crippen LogP contribution in [0.5, 0.6) is 11.5 Å². The number of nitrogens with one attached hydrogen (secondary N) is 3. The molecule has 0 spiro atoms. The Morgan fingerprint density at radius 2 is 1.33 bits per heavy atom. The zero-order chi connectivity index (χ0) is 24.1. The number of hydrogen-bond donors (Lipinski definition) is 3. The molecule has 0 fully saturated rings. The summed E-state index contributed by atoms with van der Waals surface area (Å²) in [6, 6.07) is 17.1. The van der Waals surface area contributed by atoms with Crippen molar-refractivity contribution in [1.29, 1.82) is 0 Å². The first-order valence-electron chi connectivity index (χ1n) is 9.38. The first-order chi connectivity index (χ1) is 15.7. The second-order valence-corrected chi connectivity index (χ2v) is 9.94. The first-order valence-corrected chi connectivity index (χ1v) is 12.3. The summed E-state index contributed by atoms with van der Waals surface area (Å²) in [5.74, 6) is -0.0122. The van der Waals surface area contributed by atoms with Crippen molar-refractivity contribution in [2.24, 2.45) is 0 Å². The number of anilines is 1. The molecular weight excluding hydrogens is 470 g/mol. The van der Waals surface area contributed by atoms with Gasteiger partial charge in [0.15, 0.2) is 11.5 Å². The zero-order valence-corrected chi connectivity index (χ0v) is 19.2. The fraction of sp³-hybridized carbons (Fsp3) is 0.0952. The predicted molar refractivity (Wildman–Crippen MR) is 121 cm³/mol. The predicted octanol–water partition coefficient (Wildman–Crippen LogP) is 2.13. The second kappa shape index (κ2) is 9.90. The molecule has 3 aromatic rings. The minimum absolute atomic E-state index is 0.0675. The molecule has 0 aromatic heterocycles. The van der Waals surface area contributed by atoms with Crippen LogP contribution in [-0.2, 0) is 20.0 Å². The fourth-order valence-corrected chi connectivity index (χ4v) is 4.65. The lowest BCUT2D eigenvalue weighted by molar-refractivity contribution is 0.0945. The van der Waals surface area contributed by atoms with Crippen molar-refractivity contribution in [3.63, 3.8) is 0 Å². The quantitative estimate of drug-likeness (QED) is 0.390. The molecule has 0 aliphatic rings. The number of amides is 1. The van der Waals surface area contributed by atoms with E-state index in [1.165, 1.54) is 68.8 Å². The number of carbonyl (C=O) groups is 1. The Morgan fingerprint density at radius 1 is 0.727 bits per heavy atom. The van der Waals surface area contributed by atoms with Crippen LogP contribution in [0.4, 0.5) is 5.69 Å². The summed E-state index contributed by atoms with van der Waals surface area (Å²) >= 11 is 0. The van der Waals surface area contributed by atoms with Crippen LogP contribution in [0, 0.1) is 0 Å². The maximum atomic E-state index is 12.7. The van der Waals surface area contributed by atoms with Gasteiger partial charge in [0.25, 0.3) is 26.0 Å². The summed E-state index contributed by atoms with van der Waals surface area (Å²) in [6.07, 6.45) is 0. The summed E-state index contributed by atoms with van der Waals surface area (Å²) < 4.78 is 62.8. The van der Waals surface area contributed by atoms with Gasteiger partial charge in [-0.25, -0.2) is 16.8 Å². The van der Waals surface area contributed by atoms with E-state index < -0.39 is 26.0 Å². The van der Waals surface area contributed by atoms with E-state index in [-0.39, 0.29) is 26.8 Å². The van der Waals surface area contributed by atoms with Gasteiger partial charge in [0.1, 0.15) is 0 Å². The van der Waals surface area contributed by atoms with Crippen molar-refractivity contribution in [3.05, 3.63) is 78.4 Å². The van der Waals surface area contributed by atoms with Gasteiger partial charge >= 0.3 is 0 Å². The van der Waals surface area contributed by atoms with Gasteiger partial charge in [-0.1, -0.05) is 18.2 Å². The van der Waals surface area contributed by atoms with E-state index in [0.717, 1.165) is 0 Å². The minimum Gasteiger partial charge on any atom is -0.493 e. The Kier molecular flexibility index (Phi) is 7.21. The molecule has 0 saturated carbocycles. The minimum atomic E-state index is -4.08. The lowest BCUT2D eigenvalue weighted by atomic mass is 10.2. The highest BCUT2D eigenvalue weighted by atomic mass is 32.2. The molecule has 0 heterocycles. The van der Waals surface area contributed by atoms with Gasteiger partial charge in [0, 0.05) is 17.3 Å². The Hall–Kier alpha value is -3.61. The Bertz CT molecular complexity index is 1340. The monoisotopic (exact) mass is 491 g/mol. The normalized spacial score (nSPS) is 11.5. The third kappa shape index (κ3) is 5.80. The van der Waals surface area contributed by atoms with Gasteiger partial charge in [0.2, 0.25) is 0 Å². The van der Waals surface area contributed by atoms with E-state index in [0.29, 0.717) is 5.75 Å². The largest absolute Gasteiger partial charge is 0.493 e. The van der Waals surface area contributed by atoms with Crippen LogP contribution in [0.2, 0.25) is 0 Å². The molecule has 0 aliphatic carbocycles. The number of methoxy groups -OCH3 is 2. The molecule has 0 unspecified atom stereocenters. The topological polar surface area (TPSA) is 140 Å². The van der Waals surface area contributed by atoms with E-state index in [9.17, 15) is 21.6 Å². The third-order valence-electron chi connectivity index (χ3n) is 4.42.